The molecule has 138 valence electrons. The van der Waals surface area contributed by atoms with Crippen molar-refractivity contribution >= 4 is 5.91 Å². The SMILES string of the molecule is COc1ccc([C@@H](NC(=O)c2ccc(C(C)C)cc2)C2CC(O)C2)cn1. The molecule has 1 aliphatic rings. The average molecular weight is 354 g/mol. The maximum atomic E-state index is 12.7. The van der Waals surface area contributed by atoms with Crippen molar-refractivity contribution in [1.82, 2.24) is 10.3 Å². The van der Waals surface area contributed by atoms with E-state index in [2.05, 4.69) is 24.1 Å². The Morgan fingerprint density at radius 2 is 1.81 bits per heavy atom. The van der Waals surface area contributed by atoms with Crippen LogP contribution in [0.1, 0.15) is 60.1 Å². The van der Waals surface area contributed by atoms with E-state index in [1.165, 1.54) is 5.56 Å². The largest absolute Gasteiger partial charge is 0.481 e. The summed E-state index contributed by atoms with van der Waals surface area (Å²) in [6, 6.07) is 11.3. The summed E-state index contributed by atoms with van der Waals surface area (Å²) in [5, 5.41) is 12.8. The molecule has 0 spiro atoms. The van der Waals surface area contributed by atoms with E-state index >= 15 is 0 Å². The van der Waals surface area contributed by atoms with Gasteiger partial charge in [0.1, 0.15) is 0 Å². The number of carbonyl (C=O) groups excluding carboxylic acids is 1. The normalized spacial score (nSPS) is 20.3. The molecule has 1 aliphatic carbocycles. The first-order chi connectivity index (χ1) is 12.5. The fourth-order valence-electron chi connectivity index (χ4n) is 3.32. The predicted molar refractivity (Wildman–Crippen MR) is 100 cm³/mol. The Morgan fingerprint density at radius 1 is 1.15 bits per heavy atom. The summed E-state index contributed by atoms with van der Waals surface area (Å²) in [5.41, 5.74) is 2.77. The number of rotatable bonds is 6. The fraction of sp³-hybridized carbons (Fsp3) is 0.429. The van der Waals surface area contributed by atoms with Crippen LogP contribution in [0.15, 0.2) is 42.6 Å². The average Bonchev–Trinajstić information content (AvgIpc) is 2.64. The van der Waals surface area contributed by atoms with Crippen LogP contribution in [-0.2, 0) is 0 Å². The number of carbonyl (C=O) groups is 1. The second-order valence-electron chi connectivity index (χ2n) is 7.25. The number of nitrogens with zero attached hydrogens (tertiary/aromatic N) is 1. The summed E-state index contributed by atoms with van der Waals surface area (Å²) < 4.78 is 5.11. The van der Waals surface area contributed by atoms with E-state index in [4.69, 9.17) is 4.74 Å². The quantitative estimate of drug-likeness (QED) is 0.833. The van der Waals surface area contributed by atoms with Crippen molar-refractivity contribution < 1.29 is 14.6 Å². The van der Waals surface area contributed by atoms with E-state index in [0.717, 1.165) is 5.56 Å². The maximum absolute atomic E-state index is 12.7. The summed E-state index contributed by atoms with van der Waals surface area (Å²) in [5.74, 6) is 1.07. The molecule has 0 radical (unpaired) electrons. The summed E-state index contributed by atoms with van der Waals surface area (Å²) in [7, 11) is 1.57. The highest BCUT2D eigenvalue weighted by Gasteiger charge is 2.36. The maximum Gasteiger partial charge on any atom is 0.251 e. The van der Waals surface area contributed by atoms with Crippen molar-refractivity contribution in [3.63, 3.8) is 0 Å². The lowest BCUT2D eigenvalue weighted by molar-refractivity contribution is 0.0234. The third kappa shape index (κ3) is 4.05. The Hall–Kier alpha value is -2.40. The van der Waals surface area contributed by atoms with Crippen LogP contribution in [0.3, 0.4) is 0 Å². The molecule has 1 aromatic carbocycles. The number of aliphatic hydroxyl groups is 1. The number of benzene rings is 1. The minimum Gasteiger partial charge on any atom is -0.481 e. The Kier molecular flexibility index (Phi) is 5.57. The molecule has 0 saturated heterocycles. The molecule has 0 bridgehead atoms. The first-order valence-electron chi connectivity index (χ1n) is 9.06. The topological polar surface area (TPSA) is 71.5 Å². The number of hydrogen-bond acceptors (Lipinski definition) is 4. The fourth-order valence-corrected chi connectivity index (χ4v) is 3.32. The van der Waals surface area contributed by atoms with Crippen molar-refractivity contribution in [3.05, 3.63) is 59.3 Å². The van der Waals surface area contributed by atoms with Gasteiger partial charge in [0.05, 0.1) is 19.3 Å². The van der Waals surface area contributed by atoms with E-state index in [1.807, 2.05) is 30.3 Å². The number of nitrogens with one attached hydrogen (secondary N) is 1. The Bertz CT molecular complexity index is 735. The van der Waals surface area contributed by atoms with Gasteiger partial charge in [0.2, 0.25) is 5.88 Å². The molecule has 0 unspecified atom stereocenters. The van der Waals surface area contributed by atoms with Gasteiger partial charge in [0, 0.05) is 17.8 Å². The van der Waals surface area contributed by atoms with Gasteiger partial charge in [-0.2, -0.15) is 0 Å². The van der Waals surface area contributed by atoms with Crippen LogP contribution in [0.4, 0.5) is 0 Å². The van der Waals surface area contributed by atoms with Crippen molar-refractivity contribution in [2.24, 2.45) is 5.92 Å². The minimum absolute atomic E-state index is 0.109. The summed E-state index contributed by atoms with van der Waals surface area (Å²) in [6.45, 7) is 4.26. The third-order valence-corrected chi connectivity index (χ3v) is 5.07. The van der Waals surface area contributed by atoms with Crippen molar-refractivity contribution in [2.45, 2.75) is 44.8 Å². The lowest BCUT2D eigenvalue weighted by Gasteiger charge is -2.38. The summed E-state index contributed by atoms with van der Waals surface area (Å²) >= 11 is 0. The highest BCUT2D eigenvalue weighted by molar-refractivity contribution is 5.94. The Labute approximate surface area is 154 Å². The molecule has 5 heteroatoms. The standard InChI is InChI=1S/C21H26N2O3/c1-13(2)14-4-6-15(7-5-14)21(25)23-20(17-10-18(24)11-17)16-8-9-19(26-3)22-12-16/h4-9,12-13,17-18,20,24H,10-11H2,1-3H3,(H,23,25)/t17?,18?,20-/m1/s1. The number of pyridine rings is 1. The minimum atomic E-state index is -0.282. The van der Waals surface area contributed by atoms with Gasteiger partial charge in [-0.25, -0.2) is 4.98 Å². The second-order valence-corrected chi connectivity index (χ2v) is 7.25. The van der Waals surface area contributed by atoms with Crippen LogP contribution in [0, 0.1) is 5.92 Å². The van der Waals surface area contributed by atoms with Crippen LogP contribution in [0.5, 0.6) is 5.88 Å². The molecule has 1 saturated carbocycles. The molecule has 3 rings (SSSR count). The van der Waals surface area contributed by atoms with Crippen LogP contribution in [0.2, 0.25) is 0 Å². The lowest BCUT2D eigenvalue weighted by Crippen LogP contribution is -2.41. The number of ether oxygens (including phenoxy) is 1. The molecule has 1 heterocycles. The van der Waals surface area contributed by atoms with Gasteiger partial charge in [0.15, 0.2) is 0 Å². The molecular weight excluding hydrogens is 328 g/mol. The smallest absolute Gasteiger partial charge is 0.251 e. The monoisotopic (exact) mass is 354 g/mol. The zero-order valence-corrected chi connectivity index (χ0v) is 15.5. The predicted octanol–water partition coefficient (Wildman–Crippen LogP) is 3.46. The molecule has 1 fully saturated rings. The van der Waals surface area contributed by atoms with E-state index in [1.54, 1.807) is 19.4 Å². The first kappa shape index (κ1) is 18.4. The van der Waals surface area contributed by atoms with Crippen molar-refractivity contribution in [3.8, 4) is 5.88 Å². The molecule has 5 nitrogen and oxygen atoms in total. The van der Waals surface area contributed by atoms with Gasteiger partial charge in [-0.3, -0.25) is 4.79 Å². The number of hydrogen-bond donors (Lipinski definition) is 2. The molecule has 0 aliphatic heterocycles. The molecule has 2 aromatic rings. The van der Waals surface area contributed by atoms with E-state index in [-0.39, 0.29) is 24.0 Å². The molecule has 2 N–H and O–H groups in total. The van der Waals surface area contributed by atoms with Crippen LogP contribution in [-0.4, -0.2) is 29.2 Å². The molecule has 26 heavy (non-hydrogen) atoms. The third-order valence-electron chi connectivity index (χ3n) is 5.07. The van der Waals surface area contributed by atoms with E-state index in [0.29, 0.717) is 30.2 Å². The highest BCUT2D eigenvalue weighted by atomic mass is 16.5. The van der Waals surface area contributed by atoms with Gasteiger partial charge >= 0.3 is 0 Å². The number of methoxy groups -OCH3 is 1. The van der Waals surface area contributed by atoms with E-state index in [9.17, 15) is 9.90 Å². The number of aliphatic hydroxyl groups excluding tert-OH is 1. The highest BCUT2D eigenvalue weighted by Crippen LogP contribution is 2.38. The second kappa shape index (κ2) is 7.87. The zero-order chi connectivity index (χ0) is 18.7. The molecule has 1 aromatic heterocycles. The van der Waals surface area contributed by atoms with Crippen LogP contribution in [0.25, 0.3) is 0 Å². The summed E-state index contributed by atoms with van der Waals surface area (Å²) in [6.07, 6.45) is 2.82. The Morgan fingerprint density at radius 3 is 2.31 bits per heavy atom. The van der Waals surface area contributed by atoms with Gasteiger partial charge in [0.25, 0.3) is 5.91 Å². The van der Waals surface area contributed by atoms with Crippen molar-refractivity contribution in [2.75, 3.05) is 7.11 Å². The zero-order valence-electron chi connectivity index (χ0n) is 15.5. The Balaban J connectivity index is 1.77. The van der Waals surface area contributed by atoms with Gasteiger partial charge in [-0.05, 0) is 47.9 Å². The van der Waals surface area contributed by atoms with E-state index < -0.39 is 0 Å². The van der Waals surface area contributed by atoms with Crippen LogP contribution >= 0.6 is 0 Å². The molecular formula is C21H26N2O3. The van der Waals surface area contributed by atoms with Gasteiger partial charge in [-0.1, -0.05) is 32.0 Å². The lowest BCUT2D eigenvalue weighted by atomic mass is 9.75. The number of amides is 1. The molecule has 1 amide bonds. The number of aromatic nitrogens is 1. The summed E-state index contributed by atoms with van der Waals surface area (Å²) in [4.78, 5) is 17.0. The van der Waals surface area contributed by atoms with Crippen molar-refractivity contribution in [1.29, 1.82) is 0 Å². The van der Waals surface area contributed by atoms with Gasteiger partial charge < -0.3 is 15.2 Å². The first-order valence-corrected chi connectivity index (χ1v) is 9.06. The molecule has 1 atom stereocenters. The van der Waals surface area contributed by atoms with Gasteiger partial charge in [-0.15, -0.1) is 0 Å². The van der Waals surface area contributed by atoms with Crippen LogP contribution < -0.4 is 10.1 Å².